The molecule has 0 spiro atoms. The Morgan fingerprint density at radius 2 is 1.95 bits per heavy atom. The number of ether oxygens (including phenoxy) is 1. The van der Waals surface area contributed by atoms with E-state index in [0.29, 0.717) is 12.2 Å². The highest BCUT2D eigenvalue weighted by Gasteiger charge is 2.04. The summed E-state index contributed by atoms with van der Waals surface area (Å²) in [5.74, 6) is 5.59. The van der Waals surface area contributed by atoms with E-state index in [-0.39, 0.29) is 5.91 Å². The molecule has 2 rings (SSSR count). The second-order valence-corrected chi connectivity index (χ2v) is 5.16. The molecule has 4 nitrogen and oxygen atoms in total. The van der Waals surface area contributed by atoms with Crippen molar-refractivity contribution in [3.63, 3.8) is 0 Å². The number of hydrazine groups is 1. The minimum absolute atomic E-state index is 0.309. The monoisotopic (exact) mass is 368 g/mol. The summed E-state index contributed by atoms with van der Waals surface area (Å²) in [7, 11) is 0. The largest absolute Gasteiger partial charge is 0.489 e. The molecule has 0 aliphatic carbocycles. The molecule has 0 unspecified atom stereocenters. The minimum atomic E-state index is -0.309. The fraction of sp³-hybridized carbons (Fsp3) is 0.0714. The molecule has 0 saturated heterocycles. The average Bonchev–Trinajstić information content (AvgIpc) is 2.46. The molecule has 0 aromatic heterocycles. The maximum atomic E-state index is 11.4. The minimum Gasteiger partial charge on any atom is -0.489 e. The highest BCUT2D eigenvalue weighted by Crippen LogP contribution is 2.15. The van der Waals surface area contributed by atoms with Gasteiger partial charge in [-0.25, -0.2) is 5.84 Å². The van der Waals surface area contributed by atoms with Gasteiger partial charge in [0.15, 0.2) is 0 Å². The first-order valence-electron chi connectivity index (χ1n) is 5.67. The van der Waals surface area contributed by atoms with E-state index >= 15 is 0 Å². The number of rotatable bonds is 4. The van der Waals surface area contributed by atoms with Gasteiger partial charge in [-0.2, -0.15) is 0 Å². The lowest BCUT2D eigenvalue weighted by Crippen LogP contribution is -2.30. The standard InChI is InChI=1S/C14H13IN2O2/c15-12-4-6-13(7-5-12)19-9-10-2-1-3-11(8-10)14(18)17-16/h1-8H,9,16H2,(H,17,18). The SMILES string of the molecule is NNC(=O)c1cccc(COc2ccc(I)cc2)c1. The second kappa shape index (κ2) is 6.53. The molecule has 0 aliphatic heterocycles. The van der Waals surface area contributed by atoms with Crippen molar-refractivity contribution in [3.05, 3.63) is 63.2 Å². The average molecular weight is 368 g/mol. The summed E-state index contributed by atoms with van der Waals surface area (Å²) in [5.41, 5.74) is 3.54. The van der Waals surface area contributed by atoms with Crippen LogP contribution in [-0.2, 0) is 6.61 Å². The van der Waals surface area contributed by atoms with Crippen LogP contribution < -0.4 is 16.0 Å². The van der Waals surface area contributed by atoms with Gasteiger partial charge in [-0.1, -0.05) is 12.1 Å². The highest BCUT2D eigenvalue weighted by molar-refractivity contribution is 14.1. The van der Waals surface area contributed by atoms with Gasteiger partial charge in [0.05, 0.1) is 0 Å². The summed E-state index contributed by atoms with van der Waals surface area (Å²) in [6.07, 6.45) is 0. The first-order chi connectivity index (χ1) is 9.19. The highest BCUT2D eigenvalue weighted by atomic mass is 127. The molecule has 0 saturated carbocycles. The molecular weight excluding hydrogens is 355 g/mol. The zero-order valence-corrected chi connectivity index (χ0v) is 12.3. The molecule has 5 heteroatoms. The van der Waals surface area contributed by atoms with Crippen molar-refractivity contribution in [2.24, 2.45) is 5.84 Å². The summed E-state index contributed by atoms with van der Waals surface area (Å²) >= 11 is 2.24. The molecule has 2 aromatic rings. The molecule has 3 N–H and O–H groups in total. The Labute approximate surface area is 125 Å². The predicted octanol–water partition coefficient (Wildman–Crippen LogP) is 2.47. The molecule has 1 amide bonds. The van der Waals surface area contributed by atoms with E-state index in [4.69, 9.17) is 10.6 Å². The van der Waals surface area contributed by atoms with Gasteiger partial charge in [0.2, 0.25) is 0 Å². The lowest BCUT2D eigenvalue weighted by Gasteiger charge is -2.07. The normalized spacial score (nSPS) is 10.0. The molecule has 0 fully saturated rings. The summed E-state index contributed by atoms with van der Waals surface area (Å²) in [6.45, 7) is 0.409. The number of hydrogen-bond acceptors (Lipinski definition) is 3. The van der Waals surface area contributed by atoms with Gasteiger partial charge in [0.1, 0.15) is 12.4 Å². The number of hydrogen-bond donors (Lipinski definition) is 2. The smallest absolute Gasteiger partial charge is 0.265 e. The van der Waals surface area contributed by atoms with Gasteiger partial charge >= 0.3 is 0 Å². The number of nitrogen functional groups attached to an aromatic ring is 1. The molecule has 0 radical (unpaired) electrons. The van der Waals surface area contributed by atoms with Crippen molar-refractivity contribution in [3.8, 4) is 5.75 Å². The molecule has 0 bridgehead atoms. The van der Waals surface area contributed by atoms with Crippen molar-refractivity contribution in [2.75, 3.05) is 0 Å². The molecule has 19 heavy (non-hydrogen) atoms. The van der Waals surface area contributed by atoms with Crippen molar-refractivity contribution in [1.29, 1.82) is 0 Å². The van der Waals surface area contributed by atoms with E-state index in [1.54, 1.807) is 18.2 Å². The Bertz CT molecular complexity index is 570. The summed E-state index contributed by atoms with van der Waals surface area (Å²) in [6, 6.07) is 15.0. The van der Waals surface area contributed by atoms with Crippen LogP contribution in [0.1, 0.15) is 15.9 Å². The van der Waals surface area contributed by atoms with E-state index in [9.17, 15) is 4.79 Å². The fourth-order valence-electron chi connectivity index (χ4n) is 1.58. The first kappa shape index (κ1) is 13.8. The lowest BCUT2D eigenvalue weighted by atomic mass is 10.1. The molecule has 2 aromatic carbocycles. The maximum absolute atomic E-state index is 11.4. The number of carbonyl (C=O) groups excluding carboxylic acids is 1. The Kier molecular flexibility index (Phi) is 4.75. The quantitative estimate of drug-likeness (QED) is 0.377. The number of benzene rings is 2. The van der Waals surface area contributed by atoms with Crippen LogP contribution in [0.4, 0.5) is 0 Å². The van der Waals surface area contributed by atoms with Crippen LogP contribution in [0.15, 0.2) is 48.5 Å². The Balaban J connectivity index is 2.03. The van der Waals surface area contributed by atoms with Gasteiger partial charge in [0.25, 0.3) is 5.91 Å². The third kappa shape index (κ3) is 3.93. The number of nitrogens with two attached hydrogens (primary N) is 1. The van der Waals surface area contributed by atoms with Crippen molar-refractivity contribution in [2.45, 2.75) is 6.61 Å². The van der Waals surface area contributed by atoms with E-state index in [1.807, 2.05) is 30.3 Å². The molecular formula is C14H13IN2O2. The Hall–Kier alpha value is -1.60. The lowest BCUT2D eigenvalue weighted by molar-refractivity contribution is 0.0953. The van der Waals surface area contributed by atoms with Crippen molar-refractivity contribution < 1.29 is 9.53 Å². The number of nitrogens with one attached hydrogen (secondary N) is 1. The second-order valence-electron chi connectivity index (χ2n) is 3.92. The van der Waals surface area contributed by atoms with Gasteiger partial charge < -0.3 is 4.74 Å². The number of amides is 1. The van der Waals surface area contributed by atoms with Crippen LogP contribution in [-0.4, -0.2) is 5.91 Å². The molecule has 0 heterocycles. The zero-order valence-electron chi connectivity index (χ0n) is 10.1. The van der Waals surface area contributed by atoms with Gasteiger partial charge in [-0.05, 0) is 64.6 Å². The first-order valence-corrected chi connectivity index (χ1v) is 6.75. The molecule has 0 atom stereocenters. The molecule has 0 aliphatic rings. The van der Waals surface area contributed by atoms with Crippen LogP contribution in [0, 0.1) is 3.57 Å². The third-order valence-electron chi connectivity index (χ3n) is 2.54. The van der Waals surface area contributed by atoms with E-state index in [0.717, 1.165) is 14.9 Å². The zero-order chi connectivity index (χ0) is 13.7. The topological polar surface area (TPSA) is 64.3 Å². The maximum Gasteiger partial charge on any atom is 0.265 e. The van der Waals surface area contributed by atoms with Gasteiger partial charge in [0, 0.05) is 9.13 Å². The van der Waals surface area contributed by atoms with E-state index in [2.05, 4.69) is 28.0 Å². The van der Waals surface area contributed by atoms with E-state index in [1.165, 1.54) is 0 Å². The van der Waals surface area contributed by atoms with Crippen LogP contribution in [0.2, 0.25) is 0 Å². The number of halogens is 1. The summed E-state index contributed by atoms with van der Waals surface area (Å²) in [5, 5.41) is 0. The summed E-state index contributed by atoms with van der Waals surface area (Å²) in [4.78, 5) is 11.4. The molecule has 98 valence electrons. The van der Waals surface area contributed by atoms with E-state index < -0.39 is 0 Å². The third-order valence-corrected chi connectivity index (χ3v) is 3.26. The van der Waals surface area contributed by atoms with Crippen LogP contribution in [0.25, 0.3) is 0 Å². The van der Waals surface area contributed by atoms with Crippen LogP contribution >= 0.6 is 22.6 Å². The fourth-order valence-corrected chi connectivity index (χ4v) is 1.94. The van der Waals surface area contributed by atoms with Gasteiger partial charge in [-0.15, -0.1) is 0 Å². The van der Waals surface area contributed by atoms with Crippen LogP contribution in [0.5, 0.6) is 5.75 Å². The van der Waals surface area contributed by atoms with Gasteiger partial charge in [-0.3, -0.25) is 10.2 Å². The Morgan fingerprint density at radius 1 is 1.21 bits per heavy atom. The predicted molar refractivity (Wildman–Crippen MR) is 81.6 cm³/mol. The van der Waals surface area contributed by atoms with Crippen molar-refractivity contribution >= 4 is 28.5 Å². The van der Waals surface area contributed by atoms with Crippen LogP contribution in [0.3, 0.4) is 0 Å². The number of carbonyl (C=O) groups is 1. The Morgan fingerprint density at radius 3 is 2.63 bits per heavy atom. The van der Waals surface area contributed by atoms with Crippen molar-refractivity contribution in [1.82, 2.24) is 5.43 Å². The summed E-state index contributed by atoms with van der Waals surface area (Å²) < 4.78 is 6.81.